The van der Waals surface area contributed by atoms with E-state index in [0.29, 0.717) is 11.3 Å². The number of nitrogens with one attached hydrogen (secondary N) is 3. The van der Waals surface area contributed by atoms with E-state index in [-0.39, 0.29) is 42.3 Å². The van der Waals surface area contributed by atoms with E-state index < -0.39 is 0 Å². The van der Waals surface area contributed by atoms with Crippen molar-refractivity contribution in [2.45, 2.75) is 64.0 Å². The van der Waals surface area contributed by atoms with Gasteiger partial charge in [0.1, 0.15) is 0 Å². The van der Waals surface area contributed by atoms with Crippen LogP contribution in [0.5, 0.6) is 0 Å². The second kappa shape index (κ2) is 9.34. The van der Waals surface area contributed by atoms with Crippen molar-refractivity contribution in [2.75, 3.05) is 19.6 Å². The van der Waals surface area contributed by atoms with Crippen molar-refractivity contribution in [3.63, 3.8) is 0 Å². The van der Waals surface area contributed by atoms with Gasteiger partial charge in [-0.15, -0.1) is 24.8 Å². The maximum absolute atomic E-state index is 12.9. The first-order valence-corrected chi connectivity index (χ1v) is 10.3. The van der Waals surface area contributed by atoms with Crippen molar-refractivity contribution in [3.05, 3.63) is 35.4 Å². The van der Waals surface area contributed by atoms with Crippen LogP contribution in [0.1, 0.15) is 50.7 Å². The molecule has 4 nitrogen and oxygen atoms in total. The first kappa shape index (κ1) is 23.5. The van der Waals surface area contributed by atoms with Gasteiger partial charge < -0.3 is 16.0 Å². The predicted octanol–water partition coefficient (Wildman–Crippen LogP) is 3.26. The van der Waals surface area contributed by atoms with Gasteiger partial charge >= 0.3 is 0 Å². The van der Waals surface area contributed by atoms with Gasteiger partial charge in [0, 0.05) is 12.1 Å². The molecule has 4 rings (SSSR count). The molecule has 1 amide bonds. The van der Waals surface area contributed by atoms with E-state index in [0.717, 1.165) is 45.3 Å². The molecule has 1 spiro atoms. The van der Waals surface area contributed by atoms with E-state index in [1.165, 1.54) is 24.0 Å². The fourth-order valence-corrected chi connectivity index (χ4v) is 5.43. The molecule has 158 valence electrons. The smallest absolute Gasteiger partial charge is 0.237 e. The highest BCUT2D eigenvalue weighted by molar-refractivity contribution is 5.85. The summed E-state index contributed by atoms with van der Waals surface area (Å²) in [7, 11) is 0. The fourth-order valence-electron chi connectivity index (χ4n) is 5.43. The molecule has 1 unspecified atom stereocenters. The Morgan fingerprint density at radius 1 is 1.14 bits per heavy atom. The SMILES string of the molecule is CC(C)(CC1Cc2ccccc2C1)NC(=O)C1CC2(CCNCC2)CN1.Cl.Cl. The van der Waals surface area contributed by atoms with Crippen LogP contribution < -0.4 is 16.0 Å². The van der Waals surface area contributed by atoms with E-state index in [1.807, 2.05) is 0 Å². The summed E-state index contributed by atoms with van der Waals surface area (Å²) in [5, 5.41) is 10.3. The highest BCUT2D eigenvalue weighted by Crippen LogP contribution is 2.38. The van der Waals surface area contributed by atoms with Crippen LogP contribution in [0.2, 0.25) is 0 Å². The third kappa shape index (κ3) is 5.21. The standard InChI is InChI=1S/C22H33N3O.2ClH/c1-21(2,13-16-11-17-5-3-4-6-18(17)12-16)25-20(26)19-14-22(15-24-19)7-9-23-10-8-22;;/h3-6,16,19,23-24H,7-15H2,1-2H3,(H,25,26);2*1H. The van der Waals surface area contributed by atoms with E-state index in [1.54, 1.807) is 0 Å². The predicted molar refractivity (Wildman–Crippen MR) is 120 cm³/mol. The van der Waals surface area contributed by atoms with Crippen molar-refractivity contribution in [3.8, 4) is 0 Å². The van der Waals surface area contributed by atoms with Crippen LogP contribution in [-0.4, -0.2) is 37.1 Å². The Morgan fingerprint density at radius 3 is 2.36 bits per heavy atom. The molecule has 2 saturated heterocycles. The molecule has 1 aromatic rings. The molecule has 2 heterocycles. The minimum absolute atomic E-state index is 0. The van der Waals surface area contributed by atoms with Gasteiger partial charge in [0.25, 0.3) is 0 Å². The van der Waals surface area contributed by atoms with Gasteiger partial charge in [-0.25, -0.2) is 0 Å². The van der Waals surface area contributed by atoms with Crippen LogP contribution in [0.3, 0.4) is 0 Å². The Hall–Kier alpha value is -0.810. The van der Waals surface area contributed by atoms with Gasteiger partial charge in [-0.05, 0) is 87.9 Å². The molecule has 1 aliphatic carbocycles. The Labute approximate surface area is 181 Å². The number of benzene rings is 1. The van der Waals surface area contributed by atoms with Gasteiger partial charge in [0.05, 0.1) is 6.04 Å². The molecule has 0 aromatic heterocycles. The molecule has 0 radical (unpaired) electrons. The van der Waals surface area contributed by atoms with Crippen molar-refractivity contribution in [1.29, 1.82) is 0 Å². The van der Waals surface area contributed by atoms with Crippen LogP contribution >= 0.6 is 24.8 Å². The lowest BCUT2D eigenvalue weighted by atomic mass is 9.77. The highest BCUT2D eigenvalue weighted by atomic mass is 35.5. The van der Waals surface area contributed by atoms with Crippen molar-refractivity contribution in [1.82, 2.24) is 16.0 Å². The molecule has 1 atom stereocenters. The molecule has 28 heavy (non-hydrogen) atoms. The van der Waals surface area contributed by atoms with Crippen molar-refractivity contribution >= 4 is 30.7 Å². The van der Waals surface area contributed by atoms with Crippen LogP contribution in [0.25, 0.3) is 0 Å². The quantitative estimate of drug-likeness (QED) is 0.690. The zero-order valence-corrected chi connectivity index (χ0v) is 18.7. The van der Waals surface area contributed by atoms with E-state index in [9.17, 15) is 4.79 Å². The van der Waals surface area contributed by atoms with Gasteiger partial charge in [-0.1, -0.05) is 24.3 Å². The van der Waals surface area contributed by atoms with Gasteiger partial charge in [-0.3, -0.25) is 4.79 Å². The summed E-state index contributed by atoms with van der Waals surface area (Å²) >= 11 is 0. The highest BCUT2D eigenvalue weighted by Gasteiger charge is 2.43. The van der Waals surface area contributed by atoms with Crippen LogP contribution in [-0.2, 0) is 17.6 Å². The van der Waals surface area contributed by atoms with Crippen LogP contribution in [0.4, 0.5) is 0 Å². The Morgan fingerprint density at radius 2 is 1.75 bits per heavy atom. The molecule has 2 aliphatic heterocycles. The number of fused-ring (bicyclic) bond motifs is 1. The number of amides is 1. The second-order valence-electron chi connectivity index (χ2n) is 9.51. The molecule has 3 N–H and O–H groups in total. The summed E-state index contributed by atoms with van der Waals surface area (Å²) in [6.45, 7) is 7.53. The lowest BCUT2D eigenvalue weighted by molar-refractivity contribution is -0.124. The molecule has 2 fully saturated rings. The maximum Gasteiger partial charge on any atom is 0.237 e. The van der Waals surface area contributed by atoms with Crippen molar-refractivity contribution < 1.29 is 4.79 Å². The number of rotatable bonds is 4. The maximum atomic E-state index is 12.9. The minimum Gasteiger partial charge on any atom is -0.350 e. The molecule has 1 aromatic carbocycles. The minimum atomic E-state index is -0.157. The van der Waals surface area contributed by atoms with Crippen LogP contribution in [0, 0.1) is 11.3 Å². The average Bonchev–Trinajstić information content (AvgIpc) is 3.18. The lowest BCUT2D eigenvalue weighted by Crippen LogP contribution is -2.51. The lowest BCUT2D eigenvalue weighted by Gasteiger charge is -2.33. The largest absolute Gasteiger partial charge is 0.350 e. The first-order chi connectivity index (χ1) is 12.4. The van der Waals surface area contributed by atoms with E-state index in [2.05, 4.69) is 54.1 Å². The monoisotopic (exact) mass is 427 g/mol. The number of carbonyl (C=O) groups is 1. The van der Waals surface area contributed by atoms with Gasteiger partial charge in [0.2, 0.25) is 5.91 Å². The molecular weight excluding hydrogens is 393 g/mol. The second-order valence-corrected chi connectivity index (χ2v) is 9.51. The Bertz CT molecular complexity index is 649. The normalized spacial score (nSPS) is 23.6. The molecule has 0 saturated carbocycles. The summed E-state index contributed by atoms with van der Waals surface area (Å²) in [5.74, 6) is 0.830. The third-order valence-corrected chi connectivity index (χ3v) is 6.74. The van der Waals surface area contributed by atoms with Gasteiger partial charge in [-0.2, -0.15) is 0 Å². The Balaban J connectivity index is 0.00000140. The Kier molecular flexibility index (Phi) is 7.83. The number of hydrogen-bond acceptors (Lipinski definition) is 3. The van der Waals surface area contributed by atoms with E-state index in [4.69, 9.17) is 0 Å². The average molecular weight is 428 g/mol. The zero-order chi connectivity index (χ0) is 18.2. The summed E-state index contributed by atoms with van der Waals surface area (Å²) in [4.78, 5) is 12.9. The van der Waals surface area contributed by atoms with Crippen LogP contribution in [0.15, 0.2) is 24.3 Å². The summed E-state index contributed by atoms with van der Waals surface area (Å²) in [6.07, 6.45) is 6.70. The fraction of sp³-hybridized carbons (Fsp3) is 0.682. The van der Waals surface area contributed by atoms with Crippen molar-refractivity contribution in [2.24, 2.45) is 11.3 Å². The number of hydrogen-bond donors (Lipinski definition) is 3. The van der Waals surface area contributed by atoms with E-state index >= 15 is 0 Å². The molecular formula is C22H35Cl2N3O. The summed E-state index contributed by atoms with van der Waals surface area (Å²) < 4.78 is 0. The number of halogens is 2. The summed E-state index contributed by atoms with van der Waals surface area (Å²) in [5.41, 5.74) is 3.16. The van der Waals surface area contributed by atoms with Gasteiger partial charge in [0.15, 0.2) is 0 Å². The summed E-state index contributed by atoms with van der Waals surface area (Å²) in [6, 6.07) is 8.75. The molecule has 0 bridgehead atoms. The number of piperidine rings is 1. The number of carbonyl (C=O) groups excluding carboxylic acids is 1. The zero-order valence-electron chi connectivity index (χ0n) is 17.1. The molecule has 3 aliphatic rings. The molecule has 6 heteroatoms. The third-order valence-electron chi connectivity index (χ3n) is 6.74. The topological polar surface area (TPSA) is 53.2 Å². The first-order valence-electron chi connectivity index (χ1n) is 10.3.